The number of rotatable bonds is 6. The molecule has 3 aliphatic carbocycles. The smallest absolute Gasteiger partial charge is 0.417 e. The number of alkyl halides is 3. The lowest BCUT2D eigenvalue weighted by atomic mass is 9.50. The maximum absolute atomic E-state index is 15.1. The van der Waals surface area contributed by atoms with Gasteiger partial charge < -0.3 is 9.52 Å². The number of hydrogen-bond acceptors (Lipinski definition) is 8. The SMILES string of the molecule is O=C1[C@@H]2C[C@@H]3C(=CC[C@@H]4C(=O)N(C5CCCCC5)C(=O)[C@@H]43)[C@H](c3ccc(CO)o3)[C@]2(c2ccc(Cl)cc2)C(=O)N1Nc1ncc(C(F)(F)F)cc1Cl. The van der Waals surface area contributed by atoms with Gasteiger partial charge in [0.05, 0.1) is 34.3 Å². The number of fused-ring (bicyclic) bond motifs is 4. The van der Waals surface area contributed by atoms with E-state index in [0.717, 1.165) is 37.1 Å². The van der Waals surface area contributed by atoms with E-state index in [1.807, 2.05) is 6.08 Å². The molecule has 2 saturated heterocycles. The molecule has 2 saturated carbocycles. The molecule has 2 aliphatic heterocycles. The van der Waals surface area contributed by atoms with Gasteiger partial charge in [0.1, 0.15) is 23.5 Å². The van der Waals surface area contributed by atoms with Crippen molar-refractivity contribution in [1.29, 1.82) is 0 Å². The summed E-state index contributed by atoms with van der Waals surface area (Å²) in [5.41, 5.74) is 0.837. The molecule has 4 heterocycles. The van der Waals surface area contributed by atoms with Crippen molar-refractivity contribution in [2.75, 3.05) is 5.43 Å². The maximum Gasteiger partial charge on any atom is 0.417 e. The first-order chi connectivity index (χ1) is 24.9. The predicted molar refractivity (Wildman–Crippen MR) is 180 cm³/mol. The molecule has 0 radical (unpaired) electrons. The number of carbonyl (C=O) groups excluding carboxylic acids is 4. The normalized spacial score (nSPS) is 29.3. The minimum absolute atomic E-state index is 0.00808. The monoisotopic (exact) mass is 756 g/mol. The Morgan fingerprint density at radius 2 is 1.69 bits per heavy atom. The molecule has 6 atom stereocenters. The molecule has 10 nitrogen and oxygen atoms in total. The number of amides is 4. The third kappa shape index (κ3) is 5.21. The van der Waals surface area contributed by atoms with Gasteiger partial charge in [-0.05, 0) is 67.5 Å². The molecule has 15 heteroatoms. The molecule has 8 rings (SSSR count). The fraction of sp³-hybridized carbons (Fsp3) is 0.432. The molecule has 2 N–H and O–H groups in total. The van der Waals surface area contributed by atoms with E-state index in [1.165, 1.54) is 4.90 Å². The third-order valence-electron chi connectivity index (χ3n) is 11.7. The topological polar surface area (TPSA) is 133 Å². The van der Waals surface area contributed by atoms with Crippen LogP contribution in [0.25, 0.3) is 0 Å². The minimum Gasteiger partial charge on any atom is -0.463 e. The highest BCUT2D eigenvalue weighted by atomic mass is 35.5. The lowest BCUT2D eigenvalue weighted by Crippen LogP contribution is -2.53. The van der Waals surface area contributed by atoms with Gasteiger partial charge in [-0.25, -0.2) is 4.98 Å². The van der Waals surface area contributed by atoms with E-state index in [2.05, 4.69) is 10.4 Å². The molecule has 0 bridgehead atoms. The largest absolute Gasteiger partial charge is 0.463 e. The summed E-state index contributed by atoms with van der Waals surface area (Å²) in [5, 5.41) is 10.6. The number of likely N-dealkylation sites (tertiary alicyclic amines) is 1. The van der Waals surface area contributed by atoms with Gasteiger partial charge in [0.2, 0.25) is 11.8 Å². The number of aliphatic hydroxyl groups excluding tert-OH is 1. The number of benzene rings is 1. The molecule has 5 aliphatic rings. The Bertz CT molecular complexity index is 2010. The van der Waals surface area contributed by atoms with Gasteiger partial charge in [0.25, 0.3) is 11.8 Å². The number of halogens is 5. The summed E-state index contributed by atoms with van der Waals surface area (Å²) in [6, 6.07) is 10.1. The highest BCUT2D eigenvalue weighted by Crippen LogP contribution is 2.64. The van der Waals surface area contributed by atoms with Gasteiger partial charge >= 0.3 is 6.18 Å². The van der Waals surface area contributed by atoms with Crippen LogP contribution in [0.3, 0.4) is 0 Å². The molecule has 0 unspecified atom stereocenters. The number of hydrogen-bond donors (Lipinski definition) is 2. The van der Waals surface area contributed by atoms with Gasteiger partial charge in [0, 0.05) is 17.3 Å². The van der Waals surface area contributed by atoms with Crippen LogP contribution in [0.1, 0.15) is 73.5 Å². The van der Waals surface area contributed by atoms with Gasteiger partial charge in [-0.3, -0.25) is 29.5 Å². The number of furan rings is 1. The molecule has 1 aromatic carbocycles. The predicted octanol–water partition coefficient (Wildman–Crippen LogP) is 6.81. The van der Waals surface area contributed by atoms with Crippen molar-refractivity contribution in [3.8, 4) is 0 Å². The Morgan fingerprint density at radius 1 is 0.962 bits per heavy atom. The van der Waals surface area contributed by atoms with Gasteiger partial charge in [-0.1, -0.05) is 66.2 Å². The summed E-state index contributed by atoms with van der Waals surface area (Å²) in [5.74, 6) is -6.05. The number of carbonyl (C=O) groups is 4. The minimum atomic E-state index is -4.74. The van der Waals surface area contributed by atoms with Gasteiger partial charge in [-0.2, -0.15) is 18.2 Å². The number of pyridine rings is 1. The van der Waals surface area contributed by atoms with Crippen LogP contribution in [-0.2, 0) is 37.4 Å². The summed E-state index contributed by atoms with van der Waals surface area (Å²) in [6.07, 6.45) is 2.29. The van der Waals surface area contributed by atoms with E-state index in [4.69, 9.17) is 27.6 Å². The number of aromatic nitrogens is 1. The molecule has 52 heavy (non-hydrogen) atoms. The number of allylic oxidation sites excluding steroid dienone is 2. The highest BCUT2D eigenvalue weighted by molar-refractivity contribution is 6.33. The van der Waals surface area contributed by atoms with E-state index in [0.29, 0.717) is 28.4 Å². The average molecular weight is 758 g/mol. The Labute approximate surface area is 305 Å². The Kier molecular flexibility index (Phi) is 8.54. The van der Waals surface area contributed by atoms with Crippen molar-refractivity contribution in [2.24, 2.45) is 23.7 Å². The zero-order valence-electron chi connectivity index (χ0n) is 27.5. The summed E-state index contributed by atoms with van der Waals surface area (Å²) >= 11 is 12.5. The van der Waals surface area contributed by atoms with E-state index >= 15 is 4.79 Å². The quantitative estimate of drug-likeness (QED) is 0.207. The highest BCUT2D eigenvalue weighted by Gasteiger charge is 2.71. The first-order valence-electron chi connectivity index (χ1n) is 17.3. The van der Waals surface area contributed by atoms with Crippen molar-refractivity contribution >= 4 is 52.6 Å². The van der Waals surface area contributed by atoms with E-state index < -0.39 is 70.2 Å². The van der Waals surface area contributed by atoms with Crippen LogP contribution in [0.4, 0.5) is 19.0 Å². The van der Waals surface area contributed by atoms with Crippen LogP contribution in [-0.4, -0.2) is 49.7 Å². The number of imide groups is 2. The second kappa shape index (κ2) is 12.7. The molecule has 3 aromatic rings. The van der Waals surface area contributed by atoms with Crippen LogP contribution in [0, 0.1) is 23.7 Å². The first kappa shape index (κ1) is 34.9. The van der Waals surface area contributed by atoms with E-state index in [1.54, 1.807) is 36.4 Å². The second-order valence-electron chi connectivity index (χ2n) is 14.2. The lowest BCUT2D eigenvalue weighted by molar-refractivity contribution is -0.144. The van der Waals surface area contributed by atoms with Gasteiger partial charge in [-0.15, -0.1) is 0 Å². The Balaban J connectivity index is 1.28. The van der Waals surface area contributed by atoms with Crippen molar-refractivity contribution in [3.05, 3.63) is 93.0 Å². The van der Waals surface area contributed by atoms with Crippen molar-refractivity contribution in [3.63, 3.8) is 0 Å². The first-order valence-corrected chi connectivity index (χ1v) is 18.0. The van der Waals surface area contributed by atoms with Gasteiger partial charge in [0.15, 0.2) is 5.82 Å². The number of nitrogens with zero attached hydrogens (tertiary/aromatic N) is 3. The average Bonchev–Trinajstić information content (AvgIpc) is 3.77. The molecular formula is C37H33Cl2F3N4O6. The van der Waals surface area contributed by atoms with Crippen LogP contribution < -0.4 is 5.43 Å². The van der Waals surface area contributed by atoms with Crippen LogP contribution in [0.15, 0.2) is 64.7 Å². The van der Waals surface area contributed by atoms with Crippen LogP contribution in [0.2, 0.25) is 10.0 Å². The Hall–Kier alpha value is -4.20. The molecule has 4 amide bonds. The fourth-order valence-electron chi connectivity index (χ4n) is 9.45. The molecule has 4 fully saturated rings. The molecule has 2 aromatic heterocycles. The number of aliphatic hydroxyl groups is 1. The lowest BCUT2D eigenvalue weighted by Gasteiger charge is -2.49. The zero-order chi connectivity index (χ0) is 36.7. The molecule has 0 spiro atoms. The van der Waals surface area contributed by atoms with Crippen molar-refractivity contribution in [2.45, 2.75) is 75.1 Å². The summed E-state index contributed by atoms with van der Waals surface area (Å²) in [4.78, 5) is 63.5. The zero-order valence-corrected chi connectivity index (χ0v) is 29.0. The number of hydrazine groups is 1. The molecule has 272 valence electrons. The second-order valence-corrected chi connectivity index (χ2v) is 15.1. The summed E-state index contributed by atoms with van der Waals surface area (Å²) < 4.78 is 46.4. The number of anilines is 1. The van der Waals surface area contributed by atoms with Crippen molar-refractivity contribution in [1.82, 2.24) is 14.9 Å². The van der Waals surface area contributed by atoms with Crippen LogP contribution >= 0.6 is 23.2 Å². The van der Waals surface area contributed by atoms with E-state index in [9.17, 15) is 32.7 Å². The third-order valence-corrected chi connectivity index (χ3v) is 12.2. The van der Waals surface area contributed by atoms with Crippen molar-refractivity contribution < 1.29 is 41.9 Å². The summed E-state index contributed by atoms with van der Waals surface area (Å²) in [7, 11) is 0. The molecular weight excluding hydrogens is 724 g/mol. The summed E-state index contributed by atoms with van der Waals surface area (Å²) in [6.45, 7) is -0.445. The fourth-order valence-corrected chi connectivity index (χ4v) is 9.78. The maximum atomic E-state index is 15.1. The van der Waals surface area contributed by atoms with E-state index in [-0.39, 0.29) is 48.0 Å². The van der Waals surface area contributed by atoms with Crippen LogP contribution in [0.5, 0.6) is 0 Å². The Morgan fingerprint density at radius 3 is 2.35 bits per heavy atom. The number of nitrogens with one attached hydrogen (secondary N) is 1. The standard InChI is InChI=1S/C37H33Cl2F3N4O6/c38-20-8-6-18(7-9-20)36-26(33(49)46(35(36)51)44-31-27(39)14-19(16-43-31)37(40,41)42)15-25-23(30(36)28-13-10-22(17-47)52-28)11-12-24-29(25)34(50)45(32(24)48)21-4-2-1-3-5-21/h6-11,13-14,16,21,24-26,29-30,47H,1-5,12,15,17H2,(H,43,44)/t24-,25+,26-,29-,30+,36+/m0/s1.